The van der Waals surface area contributed by atoms with Crippen molar-refractivity contribution in [3.8, 4) is 0 Å². The number of amides is 1. The van der Waals surface area contributed by atoms with Crippen molar-refractivity contribution >= 4 is 11.9 Å². The molecule has 0 aromatic heterocycles. The third-order valence-corrected chi connectivity index (χ3v) is 18.2. The number of unbranched alkanes of at least 4 members (excludes halogenated alkanes) is 53. The molecule has 1 aliphatic rings. The number of aliphatic hydroxyl groups is 5. The van der Waals surface area contributed by atoms with Crippen LogP contribution in [0, 0.1) is 0 Å². The van der Waals surface area contributed by atoms with Crippen molar-refractivity contribution in [2.75, 3.05) is 19.8 Å². The molecule has 0 aromatic rings. The fraction of sp³-hybridized carbons (Fsp3) is 0.946. The first-order valence-corrected chi connectivity index (χ1v) is 37.5. The molecule has 0 radical (unpaired) electrons. The van der Waals surface area contributed by atoms with E-state index in [9.17, 15) is 35.1 Å². The van der Waals surface area contributed by atoms with E-state index in [-0.39, 0.29) is 18.5 Å². The summed E-state index contributed by atoms with van der Waals surface area (Å²) in [7, 11) is 0. The summed E-state index contributed by atoms with van der Waals surface area (Å²) in [5.41, 5.74) is 0. The molecule has 504 valence electrons. The maximum absolute atomic E-state index is 13.1. The normalized spacial score (nSPS) is 17.9. The number of nitrogens with one attached hydrogen (secondary N) is 1. The molecule has 0 aromatic carbocycles. The largest absolute Gasteiger partial charge is 0.466 e. The van der Waals surface area contributed by atoms with Gasteiger partial charge in [0.25, 0.3) is 0 Å². The van der Waals surface area contributed by atoms with Crippen molar-refractivity contribution in [1.82, 2.24) is 5.32 Å². The number of carbonyl (C=O) groups excluding carboxylic acids is 2. The van der Waals surface area contributed by atoms with Crippen LogP contribution in [0.3, 0.4) is 0 Å². The summed E-state index contributed by atoms with van der Waals surface area (Å²) in [6.45, 7) is 4.38. The molecule has 1 amide bonds. The highest BCUT2D eigenvalue weighted by molar-refractivity contribution is 5.76. The Morgan fingerprint density at radius 3 is 1.09 bits per heavy atom. The van der Waals surface area contributed by atoms with Gasteiger partial charge in [-0.2, -0.15) is 0 Å². The van der Waals surface area contributed by atoms with Crippen molar-refractivity contribution < 1.29 is 49.3 Å². The second-order valence-electron chi connectivity index (χ2n) is 26.4. The van der Waals surface area contributed by atoms with Crippen LogP contribution in [0.25, 0.3) is 0 Å². The first-order chi connectivity index (χ1) is 41.7. The number of ether oxygens (including phenoxy) is 3. The number of aliphatic hydroxyl groups excluding tert-OH is 5. The average molecular weight is 1210 g/mol. The van der Waals surface area contributed by atoms with Gasteiger partial charge in [0.15, 0.2) is 6.29 Å². The van der Waals surface area contributed by atoms with Gasteiger partial charge in [-0.05, 0) is 32.1 Å². The Morgan fingerprint density at radius 1 is 0.424 bits per heavy atom. The second kappa shape index (κ2) is 63.9. The van der Waals surface area contributed by atoms with Gasteiger partial charge < -0.3 is 45.1 Å². The molecule has 85 heavy (non-hydrogen) atoms. The zero-order valence-corrected chi connectivity index (χ0v) is 56.1. The number of allylic oxidation sites excluding steroid dienone is 1. The molecule has 0 spiro atoms. The highest BCUT2D eigenvalue weighted by atomic mass is 16.7. The Labute approximate surface area is 525 Å². The second-order valence-corrected chi connectivity index (χ2v) is 26.4. The third kappa shape index (κ3) is 52.8. The summed E-state index contributed by atoms with van der Waals surface area (Å²) in [6, 6.07) is -0.804. The van der Waals surface area contributed by atoms with E-state index in [2.05, 4.69) is 19.2 Å². The van der Waals surface area contributed by atoms with Gasteiger partial charge in [0.1, 0.15) is 24.4 Å². The molecule has 0 saturated carbocycles. The van der Waals surface area contributed by atoms with E-state index in [0.717, 1.165) is 51.4 Å². The maximum atomic E-state index is 13.1. The Bertz CT molecular complexity index is 1420. The summed E-state index contributed by atoms with van der Waals surface area (Å²) in [5.74, 6) is -0.158. The fourth-order valence-electron chi connectivity index (χ4n) is 12.3. The molecule has 1 aliphatic heterocycles. The maximum Gasteiger partial charge on any atom is 0.305 e. The Morgan fingerprint density at radius 2 is 0.741 bits per heavy atom. The topological polar surface area (TPSA) is 175 Å². The van der Waals surface area contributed by atoms with E-state index in [0.29, 0.717) is 19.4 Å². The van der Waals surface area contributed by atoms with Crippen LogP contribution in [-0.2, 0) is 23.8 Å². The molecule has 1 fully saturated rings. The molecule has 1 saturated heterocycles. The minimum atomic E-state index is -1.57. The monoisotopic (exact) mass is 1210 g/mol. The Balaban J connectivity index is 1.89. The van der Waals surface area contributed by atoms with Crippen molar-refractivity contribution in [3.05, 3.63) is 12.2 Å². The van der Waals surface area contributed by atoms with Crippen LogP contribution in [0.4, 0.5) is 0 Å². The van der Waals surface area contributed by atoms with Crippen LogP contribution >= 0.6 is 0 Å². The van der Waals surface area contributed by atoms with E-state index < -0.39 is 49.5 Å². The first-order valence-electron chi connectivity index (χ1n) is 37.5. The fourth-order valence-corrected chi connectivity index (χ4v) is 12.3. The van der Waals surface area contributed by atoms with Crippen LogP contribution in [0.1, 0.15) is 386 Å². The van der Waals surface area contributed by atoms with Crippen LogP contribution in [0.2, 0.25) is 0 Å². The van der Waals surface area contributed by atoms with Crippen LogP contribution in [0.15, 0.2) is 12.2 Å². The SMILES string of the molecule is CCCCCCCCCCC/C=C/C(O)C(COC1OC(CO)C(O)C(O)C1O)NC(=O)CCCCCCCCCCCCCCCCCCCCCCCCCCCCCCCCCCCCCOC(=O)CCCCCCCCCCCCC. The minimum Gasteiger partial charge on any atom is -0.466 e. The Hall–Kier alpha value is -1.60. The van der Waals surface area contributed by atoms with Gasteiger partial charge in [0.05, 0.1) is 32.0 Å². The molecule has 11 heteroatoms. The lowest BCUT2D eigenvalue weighted by molar-refractivity contribution is -0.302. The molecule has 0 bridgehead atoms. The lowest BCUT2D eigenvalue weighted by atomic mass is 9.99. The molecule has 1 rings (SSSR count). The van der Waals surface area contributed by atoms with Crippen LogP contribution in [0.5, 0.6) is 0 Å². The zero-order chi connectivity index (χ0) is 61.6. The number of esters is 1. The molecule has 7 unspecified atom stereocenters. The Kier molecular flexibility index (Phi) is 61.2. The van der Waals surface area contributed by atoms with E-state index in [1.54, 1.807) is 6.08 Å². The lowest BCUT2D eigenvalue weighted by Crippen LogP contribution is -2.60. The van der Waals surface area contributed by atoms with Crippen molar-refractivity contribution in [1.29, 1.82) is 0 Å². The molecule has 6 N–H and O–H groups in total. The minimum absolute atomic E-state index is 0.0164. The van der Waals surface area contributed by atoms with Crippen LogP contribution < -0.4 is 5.32 Å². The third-order valence-electron chi connectivity index (χ3n) is 18.2. The number of hydrogen-bond acceptors (Lipinski definition) is 10. The highest BCUT2D eigenvalue weighted by Crippen LogP contribution is 2.24. The summed E-state index contributed by atoms with van der Waals surface area (Å²) in [4.78, 5) is 25.1. The van der Waals surface area contributed by atoms with Gasteiger partial charge in [-0.25, -0.2) is 0 Å². The van der Waals surface area contributed by atoms with Gasteiger partial charge in [-0.1, -0.05) is 353 Å². The molecule has 11 nitrogen and oxygen atoms in total. The predicted octanol–water partition coefficient (Wildman–Crippen LogP) is 19.4. The standard InChI is InChI=1S/C74H143NO10/c1-3-5-7-9-11-13-40-44-48-52-56-60-67(77)66(65-84-74-73(82)72(81)71(80)68(64-76)85-74)75-69(78)61-57-53-49-45-42-38-36-34-32-30-28-26-24-22-20-18-16-15-17-19-21-23-25-27-29-31-33-35-37-39-43-47-51-55-59-63-83-70(79)62-58-54-50-46-41-14-12-10-8-6-4-2/h56,60,66-68,71-74,76-77,80-82H,3-55,57-59,61-65H2,1-2H3,(H,75,78)/b60-56+. The van der Waals surface area contributed by atoms with E-state index in [1.165, 1.54) is 308 Å². The average Bonchev–Trinajstić information content (AvgIpc) is 3.67. The van der Waals surface area contributed by atoms with Gasteiger partial charge in [0.2, 0.25) is 5.91 Å². The summed E-state index contributed by atoms with van der Waals surface area (Å²) >= 11 is 0. The van der Waals surface area contributed by atoms with Crippen molar-refractivity contribution in [2.45, 2.75) is 429 Å². The van der Waals surface area contributed by atoms with Gasteiger partial charge in [0, 0.05) is 12.8 Å². The lowest BCUT2D eigenvalue weighted by Gasteiger charge is -2.40. The molecular weight excluding hydrogens is 1060 g/mol. The number of carbonyl (C=O) groups is 2. The highest BCUT2D eigenvalue weighted by Gasteiger charge is 2.44. The molecular formula is C74H143NO10. The molecule has 0 aliphatic carbocycles. The first kappa shape index (κ1) is 81.4. The summed E-state index contributed by atoms with van der Waals surface area (Å²) in [5, 5.41) is 54.4. The molecule has 1 heterocycles. The van der Waals surface area contributed by atoms with Gasteiger partial charge in [-0.15, -0.1) is 0 Å². The van der Waals surface area contributed by atoms with Crippen molar-refractivity contribution in [3.63, 3.8) is 0 Å². The van der Waals surface area contributed by atoms with E-state index >= 15 is 0 Å². The quantitative estimate of drug-likeness (QED) is 0.0195. The van der Waals surface area contributed by atoms with Gasteiger partial charge >= 0.3 is 5.97 Å². The predicted molar refractivity (Wildman–Crippen MR) is 357 cm³/mol. The van der Waals surface area contributed by atoms with Crippen molar-refractivity contribution in [2.24, 2.45) is 0 Å². The zero-order valence-electron chi connectivity index (χ0n) is 56.1. The van der Waals surface area contributed by atoms with E-state index in [4.69, 9.17) is 14.2 Å². The molecule has 7 atom stereocenters. The van der Waals surface area contributed by atoms with Gasteiger partial charge in [-0.3, -0.25) is 9.59 Å². The van der Waals surface area contributed by atoms with Crippen LogP contribution in [-0.4, -0.2) is 100 Å². The summed E-state index contributed by atoms with van der Waals surface area (Å²) in [6.07, 6.45) is 69.5. The number of rotatable bonds is 67. The smallest absolute Gasteiger partial charge is 0.305 e. The summed E-state index contributed by atoms with van der Waals surface area (Å²) < 4.78 is 16.7. The van der Waals surface area contributed by atoms with E-state index in [1.807, 2.05) is 6.08 Å². The number of hydrogen-bond donors (Lipinski definition) is 6.